The van der Waals surface area contributed by atoms with Gasteiger partial charge in [0.05, 0.1) is 33.7 Å². The Bertz CT molecular complexity index is 1440. The lowest BCUT2D eigenvalue weighted by Gasteiger charge is -2.09. The number of anilines is 1. The number of carbonyl (C=O) groups excluding carboxylic acids is 1. The SMILES string of the molecule is Cc1ccc(Cn2nc(C)c(C(=O)Nc3ccccc3-c3nc4ccccc4s3)c2Cl)cc1. The van der Waals surface area contributed by atoms with E-state index in [9.17, 15) is 4.79 Å². The summed E-state index contributed by atoms with van der Waals surface area (Å²) in [6.07, 6.45) is 0. The first-order chi connectivity index (χ1) is 16.0. The second-order valence-corrected chi connectivity index (χ2v) is 9.27. The van der Waals surface area contributed by atoms with Gasteiger partial charge in [-0.15, -0.1) is 11.3 Å². The molecule has 0 spiro atoms. The summed E-state index contributed by atoms with van der Waals surface area (Å²) < 4.78 is 2.76. The molecule has 5 nitrogen and oxygen atoms in total. The topological polar surface area (TPSA) is 59.8 Å². The van der Waals surface area contributed by atoms with Gasteiger partial charge in [-0.3, -0.25) is 4.79 Å². The van der Waals surface area contributed by atoms with Crippen LogP contribution < -0.4 is 5.32 Å². The van der Waals surface area contributed by atoms with Gasteiger partial charge in [0.2, 0.25) is 0 Å². The van der Waals surface area contributed by atoms with Gasteiger partial charge in [0.25, 0.3) is 5.91 Å². The summed E-state index contributed by atoms with van der Waals surface area (Å²) in [5.74, 6) is -0.291. The van der Waals surface area contributed by atoms with Gasteiger partial charge in [-0.25, -0.2) is 9.67 Å². The molecule has 33 heavy (non-hydrogen) atoms. The van der Waals surface area contributed by atoms with E-state index in [1.807, 2.05) is 79.7 Å². The average Bonchev–Trinajstić information content (AvgIpc) is 3.36. The number of thiazole rings is 1. The van der Waals surface area contributed by atoms with E-state index in [-0.39, 0.29) is 5.91 Å². The van der Waals surface area contributed by atoms with Crippen LogP contribution in [-0.2, 0) is 6.54 Å². The fraction of sp³-hybridized carbons (Fsp3) is 0.115. The van der Waals surface area contributed by atoms with Crippen molar-refractivity contribution in [1.82, 2.24) is 14.8 Å². The Balaban J connectivity index is 1.44. The maximum Gasteiger partial charge on any atom is 0.260 e. The van der Waals surface area contributed by atoms with Crippen molar-refractivity contribution in [3.8, 4) is 10.6 Å². The molecular formula is C26H21ClN4OS. The monoisotopic (exact) mass is 472 g/mol. The number of halogens is 1. The van der Waals surface area contributed by atoms with Crippen LogP contribution in [0.1, 0.15) is 27.2 Å². The highest BCUT2D eigenvalue weighted by Gasteiger charge is 2.22. The number of aryl methyl sites for hydroxylation is 2. The summed E-state index contributed by atoms with van der Waals surface area (Å²) in [5, 5.41) is 8.71. The minimum absolute atomic E-state index is 0.291. The first-order valence-electron chi connectivity index (χ1n) is 10.5. The van der Waals surface area contributed by atoms with Gasteiger partial charge in [-0.1, -0.05) is 65.7 Å². The van der Waals surface area contributed by atoms with Crippen LogP contribution in [0.15, 0.2) is 72.8 Å². The first-order valence-corrected chi connectivity index (χ1v) is 11.7. The molecule has 0 aliphatic heterocycles. The Morgan fingerprint density at radius 2 is 1.73 bits per heavy atom. The largest absolute Gasteiger partial charge is 0.321 e. The van der Waals surface area contributed by atoms with E-state index in [2.05, 4.69) is 10.4 Å². The van der Waals surface area contributed by atoms with Gasteiger partial charge < -0.3 is 5.32 Å². The third-order valence-corrected chi connectivity index (χ3v) is 6.90. The number of para-hydroxylation sites is 2. The van der Waals surface area contributed by atoms with Crippen LogP contribution in [0.3, 0.4) is 0 Å². The molecule has 0 atom stereocenters. The zero-order chi connectivity index (χ0) is 22.9. The molecule has 3 aromatic carbocycles. The van der Waals surface area contributed by atoms with E-state index in [0.29, 0.717) is 28.6 Å². The Morgan fingerprint density at radius 3 is 2.52 bits per heavy atom. The van der Waals surface area contributed by atoms with Crippen molar-refractivity contribution in [3.63, 3.8) is 0 Å². The van der Waals surface area contributed by atoms with Gasteiger partial charge in [0, 0.05) is 5.56 Å². The van der Waals surface area contributed by atoms with Crippen LogP contribution in [0.2, 0.25) is 5.15 Å². The number of nitrogens with zero attached hydrogens (tertiary/aromatic N) is 3. The van der Waals surface area contributed by atoms with Gasteiger partial charge in [-0.05, 0) is 43.7 Å². The van der Waals surface area contributed by atoms with E-state index < -0.39 is 0 Å². The van der Waals surface area contributed by atoms with E-state index in [1.165, 1.54) is 5.56 Å². The third-order valence-electron chi connectivity index (χ3n) is 5.44. The third kappa shape index (κ3) is 4.27. The fourth-order valence-corrected chi connectivity index (χ4v) is 5.06. The van der Waals surface area contributed by atoms with Crippen molar-refractivity contribution in [2.24, 2.45) is 0 Å². The van der Waals surface area contributed by atoms with Crippen LogP contribution in [0, 0.1) is 13.8 Å². The van der Waals surface area contributed by atoms with Gasteiger partial charge in [0.15, 0.2) is 0 Å². The highest BCUT2D eigenvalue weighted by Crippen LogP contribution is 2.35. The van der Waals surface area contributed by atoms with E-state index in [0.717, 1.165) is 26.4 Å². The van der Waals surface area contributed by atoms with Gasteiger partial charge in [0.1, 0.15) is 10.2 Å². The summed E-state index contributed by atoms with van der Waals surface area (Å²) in [5.41, 5.74) is 5.71. The molecule has 5 aromatic rings. The minimum atomic E-state index is -0.291. The van der Waals surface area contributed by atoms with Crippen molar-refractivity contribution < 1.29 is 4.79 Å². The van der Waals surface area contributed by atoms with Crippen molar-refractivity contribution in [2.45, 2.75) is 20.4 Å². The second-order valence-electron chi connectivity index (χ2n) is 7.88. The Morgan fingerprint density at radius 1 is 1.00 bits per heavy atom. The van der Waals surface area contributed by atoms with Crippen molar-refractivity contribution >= 4 is 44.7 Å². The number of hydrogen-bond donors (Lipinski definition) is 1. The van der Waals surface area contributed by atoms with Crippen LogP contribution in [-0.4, -0.2) is 20.7 Å². The standard InChI is InChI=1S/C26H21ClN4OS/c1-16-11-13-18(14-12-16)15-31-24(27)23(17(2)30-31)25(32)28-20-8-4-3-7-19(20)26-29-21-9-5-6-10-22(21)33-26/h3-14H,15H2,1-2H3,(H,28,32). The van der Waals surface area contributed by atoms with Gasteiger partial charge >= 0.3 is 0 Å². The zero-order valence-corrected chi connectivity index (χ0v) is 19.7. The number of carbonyl (C=O) groups is 1. The number of fused-ring (bicyclic) bond motifs is 1. The highest BCUT2D eigenvalue weighted by atomic mass is 35.5. The van der Waals surface area contributed by atoms with E-state index in [4.69, 9.17) is 16.6 Å². The number of nitrogens with one attached hydrogen (secondary N) is 1. The molecule has 7 heteroatoms. The first kappa shape index (κ1) is 21.4. The molecule has 0 bridgehead atoms. The van der Waals surface area contributed by atoms with Gasteiger partial charge in [-0.2, -0.15) is 5.10 Å². The minimum Gasteiger partial charge on any atom is -0.321 e. The number of aromatic nitrogens is 3. The summed E-state index contributed by atoms with van der Waals surface area (Å²) in [7, 11) is 0. The summed E-state index contributed by atoms with van der Waals surface area (Å²) >= 11 is 8.21. The Hall–Kier alpha value is -3.48. The molecule has 2 heterocycles. The number of benzene rings is 3. The van der Waals surface area contributed by atoms with Crippen LogP contribution >= 0.6 is 22.9 Å². The predicted molar refractivity (Wildman–Crippen MR) is 135 cm³/mol. The van der Waals surface area contributed by atoms with Crippen molar-refractivity contribution in [3.05, 3.63) is 100 Å². The van der Waals surface area contributed by atoms with Crippen molar-refractivity contribution in [1.29, 1.82) is 0 Å². The molecule has 0 saturated heterocycles. The van der Waals surface area contributed by atoms with Crippen molar-refractivity contribution in [2.75, 3.05) is 5.32 Å². The number of rotatable bonds is 5. The lowest BCUT2D eigenvalue weighted by atomic mass is 10.1. The second kappa shape index (κ2) is 8.81. The molecule has 164 valence electrons. The molecule has 1 N–H and O–H groups in total. The molecule has 0 aliphatic carbocycles. The highest BCUT2D eigenvalue weighted by molar-refractivity contribution is 7.21. The molecule has 0 radical (unpaired) electrons. The molecule has 5 rings (SSSR count). The lowest BCUT2D eigenvalue weighted by Crippen LogP contribution is -2.14. The lowest BCUT2D eigenvalue weighted by molar-refractivity contribution is 0.102. The van der Waals surface area contributed by atoms with E-state index >= 15 is 0 Å². The zero-order valence-electron chi connectivity index (χ0n) is 18.2. The molecule has 0 unspecified atom stereocenters. The molecule has 0 fully saturated rings. The molecule has 2 aromatic heterocycles. The maximum absolute atomic E-state index is 13.3. The average molecular weight is 473 g/mol. The normalized spacial score (nSPS) is 11.1. The fourth-order valence-electron chi connectivity index (χ4n) is 3.73. The smallest absolute Gasteiger partial charge is 0.260 e. The molecular weight excluding hydrogens is 452 g/mol. The molecule has 0 saturated carbocycles. The molecule has 1 amide bonds. The maximum atomic E-state index is 13.3. The van der Waals surface area contributed by atoms with Crippen LogP contribution in [0.25, 0.3) is 20.8 Å². The van der Waals surface area contributed by atoms with Crippen LogP contribution in [0.4, 0.5) is 5.69 Å². The predicted octanol–water partition coefficient (Wildman–Crippen LogP) is 6.73. The Kier molecular flexibility index (Phi) is 5.70. The number of amides is 1. The quantitative estimate of drug-likeness (QED) is 0.308. The summed E-state index contributed by atoms with van der Waals surface area (Å²) in [6.45, 7) is 4.34. The summed E-state index contributed by atoms with van der Waals surface area (Å²) in [6, 6.07) is 23.8. The van der Waals surface area contributed by atoms with Crippen LogP contribution in [0.5, 0.6) is 0 Å². The summed E-state index contributed by atoms with van der Waals surface area (Å²) in [4.78, 5) is 18.0. The van der Waals surface area contributed by atoms with E-state index in [1.54, 1.807) is 22.9 Å². The number of hydrogen-bond acceptors (Lipinski definition) is 4. The molecule has 0 aliphatic rings. The Labute approximate surface area is 200 Å².